The fourth-order valence-electron chi connectivity index (χ4n) is 1.96. The lowest BCUT2D eigenvalue weighted by atomic mass is 9.99. The van der Waals surface area contributed by atoms with Crippen molar-refractivity contribution in [3.63, 3.8) is 0 Å². The Labute approximate surface area is 72.2 Å². The van der Waals surface area contributed by atoms with E-state index >= 15 is 0 Å². The Balaban J connectivity index is 2.04. The molecule has 1 atom stereocenters. The van der Waals surface area contributed by atoms with Crippen LogP contribution in [0.5, 0.6) is 0 Å². The lowest BCUT2D eigenvalue weighted by molar-refractivity contribution is 0.0888. The van der Waals surface area contributed by atoms with E-state index in [1.165, 1.54) is 12.8 Å². The maximum absolute atomic E-state index is 9.82. The molecule has 0 bridgehead atoms. The number of hydrogen-bond donors (Lipinski definition) is 1. The summed E-state index contributed by atoms with van der Waals surface area (Å²) in [5, 5.41) is 9.82. The molecule has 1 fully saturated rings. The van der Waals surface area contributed by atoms with Crippen LogP contribution in [0, 0.1) is 5.92 Å². The molecule has 0 spiro atoms. The first-order chi connectivity index (χ1) is 5.88. The van der Waals surface area contributed by atoms with Gasteiger partial charge in [-0.25, -0.2) is 0 Å². The van der Waals surface area contributed by atoms with E-state index in [-0.39, 0.29) is 6.10 Å². The van der Waals surface area contributed by atoms with Crippen LogP contribution in [0.4, 0.5) is 0 Å². The van der Waals surface area contributed by atoms with Gasteiger partial charge in [0.05, 0.1) is 6.26 Å². The van der Waals surface area contributed by atoms with Crippen LogP contribution in [-0.2, 0) is 0 Å². The SMILES string of the molecule is OC(c1ccco1)C1CCCC1. The van der Waals surface area contributed by atoms with Gasteiger partial charge < -0.3 is 9.52 Å². The van der Waals surface area contributed by atoms with Crippen LogP contribution >= 0.6 is 0 Å². The third-order valence-electron chi connectivity index (χ3n) is 2.68. The van der Waals surface area contributed by atoms with Crippen LogP contribution in [0.25, 0.3) is 0 Å². The Kier molecular flexibility index (Phi) is 2.17. The fraction of sp³-hybridized carbons (Fsp3) is 0.600. The Morgan fingerprint density at radius 1 is 1.42 bits per heavy atom. The standard InChI is InChI=1S/C10H14O2/c11-10(8-4-1-2-5-8)9-6-3-7-12-9/h3,6-8,10-11H,1-2,4-5H2. The average Bonchev–Trinajstić information content (AvgIpc) is 2.77. The maximum atomic E-state index is 9.82. The van der Waals surface area contributed by atoms with E-state index < -0.39 is 0 Å². The second kappa shape index (κ2) is 3.31. The monoisotopic (exact) mass is 166 g/mol. The summed E-state index contributed by atoms with van der Waals surface area (Å²) in [5.41, 5.74) is 0. The van der Waals surface area contributed by atoms with Crippen LogP contribution in [0.15, 0.2) is 22.8 Å². The molecule has 2 nitrogen and oxygen atoms in total. The molecule has 0 amide bonds. The molecule has 0 aromatic carbocycles. The minimum absolute atomic E-state index is 0.373. The molecule has 2 heteroatoms. The smallest absolute Gasteiger partial charge is 0.132 e. The molecule has 1 heterocycles. The van der Waals surface area contributed by atoms with E-state index in [1.807, 2.05) is 12.1 Å². The Morgan fingerprint density at radius 2 is 2.17 bits per heavy atom. The molecular weight excluding hydrogens is 152 g/mol. The van der Waals surface area contributed by atoms with Crippen LogP contribution in [0.2, 0.25) is 0 Å². The molecule has 0 radical (unpaired) electrons. The highest BCUT2D eigenvalue weighted by Crippen LogP contribution is 2.35. The van der Waals surface area contributed by atoms with Crippen molar-refractivity contribution < 1.29 is 9.52 Å². The molecular formula is C10H14O2. The Bertz CT molecular complexity index is 222. The lowest BCUT2D eigenvalue weighted by Crippen LogP contribution is -2.07. The fourth-order valence-corrected chi connectivity index (χ4v) is 1.96. The zero-order chi connectivity index (χ0) is 8.39. The number of furan rings is 1. The molecule has 0 aliphatic heterocycles. The van der Waals surface area contributed by atoms with Gasteiger partial charge >= 0.3 is 0 Å². The maximum Gasteiger partial charge on any atom is 0.132 e. The van der Waals surface area contributed by atoms with Gasteiger partial charge in [0, 0.05) is 0 Å². The van der Waals surface area contributed by atoms with Crippen molar-refractivity contribution in [2.45, 2.75) is 31.8 Å². The average molecular weight is 166 g/mol. The predicted octanol–water partition coefficient (Wildman–Crippen LogP) is 2.50. The first-order valence-corrected chi connectivity index (χ1v) is 4.59. The number of aliphatic hydroxyl groups excluding tert-OH is 1. The van der Waals surface area contributed by atoms with Crippen LogP contribution in [-0.4, -0.2) is 5.11 Å². The van der Waals surface area contributed by atoms with Crippen molar-refractivity contribution in [2.75, 3.05) is 0 Å². The van der Waals surface area contributed by atoms with Gasteiger partial charge in [0.15, 0.2) is 0 Å². The van der Waals surface area contributed by atoms with E-state index in [1.54, 1.807) is 6.26 Å². The first kappa shape index (κ1) is 7.87. The zero-order valence-corrected chi connectivity index (χ0v) is 7.07. The van der Waals surface area contributed by atoms with E-state index in [9.17, 15) is 5.11 Å². The molecule has 1 aromatic heterocycles. The second-order valence-electron chi connectivity index (χ2n) is 3.50. The summed E-state index contributed by atoms with van der Waals surface area (Å²) >= 11 is 0. The topological polar surface area (TPSA) is 33.4 Å². The minimum atomic E-state index is -0.373. The highest BCUT2D eigenvalue weighted by molar-refractivity contribution is 5.03. The summed E-state index contributed by atoms with van der Waals surface area (Å²) < 4.78 is 5.16. The first-order valence-electron chi connectivity index (χ1n) is 4.59. The largest absolute Gasteiger partial charge is 0.467 e. The lowest BCUT2D eigenvalue weighted by Gasteiger charge is -2.14. The zero-order valence-electron chi connectivity index (χ0n) is 7.07. The number of rotatable bonds is 2. The van der Waals surface area contributed by atoms with Gasteiger partial charge in [-0.05, 0) is 30.9 Å². The van der Waals surface area contributed by atoms with Crippen molar-refractivity contribution in [1.29, 1.82) is 0 Å². The molecule has 12 heavy (non-hydrogen) atoms. The molecule has 1 aromatic rings. The molecule has 0 saturated heterocycles. The van der Waals surface area contributed by atoms with Gasteiger partial charge in [0.1, 0.15) is 11.9 Å². The summed E-state index contributed by atoms with van der Waals surface area (Å²) in [6, 6.07) is 3.68. The van der Waals surface area contributed by atoms with Crippen LogP contribution in [0.1, 0.15) is 37.5 Å². The molecule has 1 aliphatic rings. The summed E-state index contributed by atoms with van der Waals surface area (Å²) in [6.45, 7) is 0. The summed E-state index contributed by atoms with van der Waals surface area (Å²) in [7, 11) is 0. The summed E-state index contributed by atoms with van der Waals surface area (Å²) in [5.74, 6) is 1.15. The van der Waals surface area contributed by atoms with Crippen LogP contribution in [0.3, 0.4) is 0 Å². The van der Waals surface area contributed by atoms with E-state index in [4.69, 9.17) is 4.42 Å². The van der Waals surface area contributed by atoms with Crippen molar-refractivity contribution in [3.05, 3.63) is 24.2 Å². The summed E-state index contributed by atoms with van der Waals surface area (Å²) in [6.07, 6.45) is 6.03. The second-order valence-corrected chi connectivity index (χ2v) is 3.50. The predicted molar refractivity (Wildman–Crippen MR) is 45.6 cm³/mol. The van der Waals surface area contributed by atoms with E-state index in [2.05, 4.69) is 0 Å². The molecule has 1 unspecified atom stereocenters. The van der Waals surface area contributed by atoms with Gasteiger partial charge in [0.2, 0.25) is 0 Å². The van der Waals surface area contributed by atoms with Gasteiger partial charge in [0.25, 0.3) is 0 Å². The van der Waals surface area contributed by atoms with Gasteiger partial charge in [-0.15, -0.1) is 0 Å². The van der Waals surface area contributed by atoms with Crippen molar-refractivity contribution in [1.82, 2.24) is 0 Å². The molecule has 1 aliphatic carbocycles. The van der Waals surface area contributed by atoms with Gasteiger partial charge in [-0.3, -0.25) is 0 Å². The number of hydrogen-bond acceptors (Lipinski definition) is 2. The van der Waals surface area contributed by atoms with Crippen molar-refractivity contribution in [2.24, 2.45) is 5.92 Å². The van der Waals surface area contributed by atoms with Crippen molar-refractivity contribution >= 4 is 0 Å². The highest BCUT2D eigenvalue weighted by Gasteiger charge is 2.25. The third kappa shape index (κ3) is 1.39. The van der Waals surface area contributed by atoms with Crippen molar-refractivity contribution in [3.8, 4) is 0 Å². The molecule has 66 valence electrons. The van der Waals surface area contributed by atoms with E-state index in [0.29, 0.717) is 5.92 Å². The summed E-state index contributed by atoms with van der Waals surface area (Å²) in [4.78, 5) is 0. The van der Waals surface area contributed by atoms with Gasteiger partial charge in [-0.1, -0.05) is 12.8 Å². The third-order valence-corrected chi connectivity index (χ3v) is 2.68. The highest BCUT2D eigenvalue weighted by atomic mass is 16.4. The number of aliphatic hydroxyl groups is 1. The molecule has 2 rings (SSSR count). The normalized spacial score (nSPS) is 21.4. The minimum Gasteiger partial charge on any atom is -0.467 e. The molecule has 1 saturated carbocycles. The quantitative estimate of drug-likeness (QED) is 0.732. The Hall–Kier alpha value is -0.760. The van der Waals surface area contributed by atoms with Gasteiger partial charge in [-0.2, -0.15) is 0 Å². The molecule has 1 N–H and O–H groups in total. The van der Waals surface area contributed by atoms with Crippen LogP contribution < -0.4 is 0 Å². The van der Waals surface area contributed by atoms with E-state index in [0.717, 1.165) is 18.6 Å². The Morgan fingerprint density at radius 3 is 2.75 bits per heavy atom.